The number of thiophene rings is 1. The van der Waals surface area contributed by atoms with Crippen LogP contribution in [0.15, 0.2) is 47.8 Å². The number of piperidine rings is 1. The van der Waals surface area contributed by atoms with Gasteiger partial charge < -0.3 is 16.0 Å². The van der Waals surface area contributed by atoms with Crippen LogP contribution in [0.1, 0.15) is 17.7 Å². The molecule has 1 aromatic carbocycles. The van der Waals surface area contributed by atoms with Crippen LogP contribution in [-0.4, -0.2) is 49.1 Å². The molecule has 1 fully saturated rings. The van der Waals surface area contributed by atoms with Gasteiger partial charge in [0.05, 0.1) is 6.54 Å². The molecular formula is C20H26N4O2S. The fourth-order valence-electron chi connectivity index (χ4n) is 3.15. The molecule has 3 rings (SSSR count). The maximum absolute atomic E-state index is 12.1. The minimum absolute atomic E-state index is 0.000991. The van der Waals surface area contributed by atoms with Crippen LogP contribution in [0.5, 0.6) is 0 Å². The third-order valence-electron chi connectivity index (χ3n) is 4.58. The van der Waals surface area contributed by atoms with Gasteiger partial charge in [-0.15, -0.1) is 11.3 Å². The van der Waals surface area contributed by atoms with Gasteiger partial charge in [-0.25, -0.2) is 4.79 Å². The second-order valence-electron chi connectivity index (χ2n) is 6.69. The molecular weight excluding hydrogens is 360 g/mol. The van der Waals surface area contributed by atoms with Crippen molar-refractivity contribution in [1.29, 1.82) is 0 Å². The molecule has 6 nitrogen and oxygen atoms in total. The van der Waals surface area contributed by atoms with Gasteiger partial charge in [-0.1, -0.05) is 24.3 Å². The molecule has 1 aliphatic rings. The van der Waals surface area contributed by atoms with Gasteiger partial charge in [0, 0.05) is 36.2 Å². The molecule has 1 aromatic heterocycles. The highest BCUT2D eigenvalue weighted by Gasteiger charge is 2.22. The number of rotatable bonds is 7. The molecule has 0 radical (unpaired) electrons. The molecule has 2 heterocycles. The normalized spacial score (nSPS) is 15.3. The second-order valence-corrected chi connectivity index (χ2v) is 7.73. The number of hydrogen-bond acceptors (Lipinski definition) is 4. The minimum Gasteiger partial charge on any atom is -0.338 e. The van der Waals surface area contributed by atoms with Gasteiger partial charge in [-0.2, -0.15) is 0 Å². The molecule has 0 bridgehead atoms. The van der Waals surface area contributed by atoms with Crippen molar-refractivity contribution in [3.63, 3.8) is 0 Å². The number of carbonyl (C=O) groups is 2. The van der Waals surface area contributed by atoms with Gasteiger partial charge >= 0.3 is 6.03 Å². The third-order valence-corrected chi connectivity index (χ3v) is 5.52. The summed E-state index contributed by atoms with van der Waals surface area (Å²) < 4.78 is 0. The Bertz CT molecular complexity index is 713. The van der Waals surface area contributed by atoms with E-state index in [4.69, 9.17) is 0 Å². The first-order valence-electron chi connectivity index (χ1n) is 9.33. The van der Waals surface area contributed by atoms with Gasteiger partial charge in [-0.3, -0.25) is 9.69 Å². The summed E-state index contributed by atoms with van der Waals surface area (Å²) in [7, 11) is 0. The molecule has 0 aliphatic carbocycles. The van der Waals surface area contributed by atoms with Crippen LogP contribution in [0.25, 0.3) is 0 Å². The van der Waals surface area contributed by atoms with Crippen LogP contribution in [0, 0.1) is 0 Å². The zero-order chi connectivity index (χ0) is 18.9. The quantitative estimate of drug-likeness (QED) is 0.685. The number of carbonyl (C=O) groups excluding carboxylic acids is 2. The predicted octanol–water partition coefficient (Wildman–Crippen LogP) is 2.69. The van der Waals surface area contributed by atoms with Crippen molar-refractivity contribution in [2.75, 3.05) is 31.5 Å². The molecule has 144 valence electrons. The largest absolute Gasteiger partial charge is 0.338 e. The van der Waals surface area contributed by atoms with Crippen molar-refractivity contribution < 1.29 is 9.59 Å². The Hall–Kier alpha value is -2.38. The van der Waals surface area contributed by atoms with Crippen LogP contribution >= 0.6 is 11.3 Å². The van der Waals surface area contributed by atoms with E-state index in [0.717, 1.165) is 38.0 Å². The Labute approximate surface area is 164 Å². The van der Waals surface area contributed by atoms with Crippen LogP contribution in [0.2, 0.25) is 0 Å². The summed E-state index contributed by atoms with van der Waals surface area (Å²) in [5.74, 6) is -0.000991. The summed E-state index contributed by atoms with van der Waals surface area (Å²) in [6, 6.07) is 13.6. The monoisotopic (exact) mass is 386 g/mol. The number of nitrogens with one attached hydrogen (secondary N) is 3. The smallest absolute Gasteiger partial charge is 0.315 e. The van der Waals surface area contributed by atoms with Crippen molar-refractivity contribution in [3.05, 3.63) is 52.7 Å². The fourth-order valence-corrected chi connectivity index (χ4v) is 3.86. The van der Waals surface area contributed by atoms with E-state index in [1.54, 1.807) is 11.3 Å². The van der Waals surface area contributed by atoms with Crippen LogP contribution < -0.4 is 16.0 Å². The molecule has 2 aromatic rings. The molecule has 27 heavy (non-hydrogen) atoms. The minimum atomic E-state index is -0.105. The topological polar surface area (TPSA) is 73.5 Å². The number of anilines is 1. The Balaban J connectivity index is 1.30. The molecule has 0 spiro atoms. The lowest BCUT2D eigenvalue weighted by atomic mass is 10.1. The first-order valence-corrected chi connectivity index (χ1v) is 10.2. The lowest BCUT2D eigenvalue weighted by molar-refractivity contribution is -0.117. The molecule has 0 saturated carbocycles. The standard InChI is InChI=1S/C20H26N4O2S/c25-19(22-16-5-2-1-3-6-16)15-24-12-9-17(10-13-24)23-20(26)21-11-8-18-7-4-14-27-18/h1-7,14,17H,8-13,15H2,(H,22,25)(H2,21,23,26). The number of amides is 3. The summed E-state index contributed by atoms with van der Waals surface area (Å²) in [5, 5.41) is 10.9. The van der Waals surface area contributed by atoms with Gasteiger partial charge in [0.1, 0.15) is 0 Å². The second kappa shape index (κ2) is 10.1. The number of hydrogen-bond donors (Lipinski definition) is 3. The highest BCUT2D eigenvalue weighted by Crippen LogP contribution is 2.11. The molecule has 1 aliphatic heterocycles. The summed E-state index contributed by atoms with van der Waals surface area (Å²) in [5.41, 5.74) is 0.818. The fraction of sp³-hybridized carbons (Fsp3) is 0.400. The number of urea groups is 1. The molecule has 7 heteroatoms. The zero-order valence-corrected chi connectivity index (χ0v) is 16.1. The average molecular weight is 387 g/mol. The number of likely N-dealkylation sites (tertiary alicyclic amines) is 1. The van der Waals surface area contributed by atoms with Crippen molar-refractivity contribution in [2.24, 2.45) is 0 Å². The third kappa shape index (κ3) is 6.69. The van der Waals surface area contributed by atoms with Gasteiger partial charge in [0.15, 0.2) is 0 Å². The first kappa shape index (κ1) is 19.4. The molecule has 0 atom stereocenters. The summed E-state index contributed by atoms with van der Waals surface area (Å²) in [4.78, 5) is 27.5. The van der Waals surface area contributed by atoms with Crippen molar-refractivity contribution in [2.45, 2.75) is 25.3 Å². The van der Waals surface area contributed by atoms with E-state index in [1.165, 1.54) is 4.88 Å². The predicted molar refractivity (Wildman–Crippen MR) is 109 cm³/mol. The van der Waals surface area contributed by atoms with Crippen molar-refractivity contribution >= 4 is 29.0 Å². The number of benzene rings is 1. The molecule has 0 unspecified atom stereocenters. The van der Waals surface area contributed by atoms with E-state index < -0.39 is 0 Å². The average Bonchev–Trinajstić information content (AvgIpc) is 3.17. The maximum atomic E-state index is 12.1. The molecule has 1 saturated heterocycles. The van der Waals surface area contributed by atoms with E-state index in [2.05, 4.69) is 26.9 Å². The number of para-hydroxylation sites is 1. The van der Waals surface area contributed by atoms with E-state index in [-0.39, 0.29) is 18.0 Å². The van der Waals surface area contributed by atoms with Gasteiger partial charge in [0.25, 0.3) is 0 Å². The van der Waals surface area contributed by atoms with E-state index in [1.807, 2.05) is 41.8 Å². The van der Waals surface area contributed by atoms with Crippen molar-refractivity contribution in [1.82, 2.24) is 15.5 Å². The highest BCUT2D eigenvalue weighted by atomic mass is 32.1. The Kier molecular flexibility index (Phi) is 7.24. The first-order chi connectivity index (χ1) is 13.2. The lowest BCUT2D eigenvalue weighted by Crippen LogP contribution is -2.49. The van der Waals surface area contributed by atoms with E-state index in [0.29, 0.717) is 13.1 Å². The summed E-state index contributed by atoms with van der Waals surface area (Å²) in [6.07, 6.45) is 2.58. The zero-order valence-electron chi connectivity index (χ0n) is 15.3. The van der Waals surface area contributed by atoms with Crippen molar-refractivity contribution in [3.8, 4) is 0 Å². The Morgan fingerprint density at radius 3 is 2.56 bits per heavy atom. The van der Waals surface area contributed by atoms with Crippen LogP contribution in [0.3, 0.4) is 0 Å². The molecule has 3 N–H and O–H groups in total. The maximum Gasteiger partial charge on any atom is 0.315 e. The van der Waals surface area contributed by atoms with Crippen LogP contribution in [0.4, 0.5) is 10.5 Å². The summed E-state index contributed by atoms with van der Waals surface area (Å²) >= 11 is 1.71. The van der Waals surface area contributed by atoms with E-state index >= 15 is 0 Å². The SMILES string of the molecule is O=C(CN1CCC(NC(=O)NCCc2cccs2)CC1)Nc1ccccc1. The van der Waals surface area contributed by atoms with Gasteiger partial charge in [-0.05, 0) is 42.8 Å². The lowest BCUT2D eigenvalue weighted by Gasteiger charge is -2.31. The highest BCUT2D eigenvalue weighted by molar-refractivity contribution is 7.09. The Morgan fingerprint density at radius 2 is 1.85 bits per heavy atom. The van der Waals surface area contributed by atoms with Gasteiger partial charge in [0.2, 0.25) is 5.91 Å². The Morgan fingerprint density at radius 1 is 1.07 bits per heavy atom. The number of nitrogens with zero attached hydrogens (tertiary/aromatic N) is 1. The van der Waals surface area contributed by atoms with E-state index in [9.17, 15) is 9.59 Å². The summed E-state index contributed by atoms with van der Waals surface area (Å²) in [6.45, 7) is 2.64. The van der Waals surface area contributed by atoms with Crippen LogP contribution in [-0.2, 0) is 11.2 Å². The molecule has 3 amide bonds.